The number of imide groups is 1. The molecule has 2 amide bonds. The number of fused-ring (bicyclic) bond motifs is 2. The van der Waals surface area contributed by atoms with Crippen LogP contribution < -0.4 is 4.90 Å². The molecule has 3 aliphatic heterocycles. The third-order valence-electron chi connectivity index (χ3n) is 6.75. The minimum absolute atomic E-state index is 0.0169. The van der Waals surface area contributed by atoms with Crippen LogP contribution in [0.4, 0.5) is 18.9 Å². The Kier molecular flexibility index (Phi) is 4.47. The summed E-state index contributed by atoms with van der Waals surface area (Å²) in [6, 6.07) is 14.4. The van der Waals surface area contributed by atoms with Crippen molar-refractivity contribution in [3.8, 4) is 0 Å². The van der Waals surface area contributed by atoms with Gasteiger partial charge < -0.3 is 0 Å². The molecule has 4 aliphatic rings. The van der Waals surface area contributed by atoms with Crippen molar-refractivity contribution in [3.05, 3.63) is 65.7 Å². The van der Waals surface area contributed by atoms with Gasteiger partial charge >= 0.3 is 6.18 Å². The summed E-state index contributed by atoms with van der Waals surface area (Å²) in [5.74, 6) is -1.58. The zero-order chi connectivity index (χ0) is 21.0. The molecule has 156 valence electrons. The van der Waals surface area contributed by atoms with Gasteiger partial charge in [-0.1, -0.05) is 36.4 Å². The first-order valence-corrected chi connectivity index (χ1v) is 10.2. The number of amides is 2. The Labute approximate surface area is 172 Å². The zero-order valence-electron chi connectivity index (χ0n) is 16.2. The minimum atomic E-state index is -4.53. The Morgan fingerprint density at radius 3 is 2.37 bits per heavy atom. The van der Waals surface area contributed by atoms with Gasteiger partial charge in [0, 0.05) is 19.1 Å². The number of carbonyl (C=O) groups excluding carboxylic acids is 2. The molecule has 2 aromatic rings. The lowest BCUT2D eigenvalue weighted by Gasteiger charge is -2.50. The number of benzene rings is 2. The molecule has 3 saturated heterocycles. The predicted molar refractivity (Wildman–Crippen MR) is 104 cm³/mol. The van der Waals surface area contributed by atoms with E-state index in [-0.39, 0.29) is 29.5 Å². The maximum absolute atomic E-state index is 13.3. The number of carbonyl (C=O) groups is 2. The van der Waals surface area contributed by atoms with Crippen LogP contribution in [0.3, 0.4) is 0 Å². The molecule has 7 heteroatoms. The van der Waals surface area contributed by atoms with E-state index in [2.05, 4.69) is 4.90 Å². The summed E-state index contributed by atoms with van der Waals surface area (Å²) in [5, 5.41) is 0. The maximum atomic E-state index is 13.3. The van der Waals surface area contributed by atoms with E-state index in [4.69, 9.17) is 0 Å². The van der Waals surface area contributed by atoms with Crippen LogP contribution in [-0.2, 0) is 22.3 Å². The fourth-order valence-electron chi connectivity index (χ4n) is 5.48. The SMILES string of the molecule is O=C1[C@H]2[C@H]3CC[C@@H]([C@H]2C(=O)N1c1cccc(C(F)(F)F)c1)N(Cc1ccccc1)C3. The summed E-state index contributed by atoms with van der Waals surface area (Å²) in [7, 11) is 0. The fourth-order valence-corrected chi connectivity index (χ4v) is 5.48. The average Bonchev–Trinajstić information content (AvgIpc) is 3.01. The van der Waals surface area contributed by atoms with Crippen molar-refractivity contribution < 1.29 is 22.8 Å². The first kappa shape index (κ1) is 19.3. The number of anilines is 1. The Balaban J connectivity index is 1.45. The monoisotopic (exact) mass is 414 g/mol. The van der Waals surface area contributed by atoms with E-state index < -0.39 is 23.6 Å². The Bertz CT molecular complexity index is 991. The third-order valence-corrected chi connectivity index (χ3v) is 6.75. The summed E-state index contributed by atoms with van der Waals surface area (Å²) >= 11 is 0. The highest BCUT2D eigenvalue weighted by molar-refractivity contribution is 6.22. The lowest BCUT2D eigenvalue weighted by molar-refractivity contribution is -0.137. The fraction of sp³-hybridized carbons (Fsp3) is 0.391. The van der Waals surface area contributed by atoms with Crippen LogP contribution in [0, 0.1) is 17.8 Å². The molecule has 4 fully saturated rings. The van der Waals surface area contributed by atoms with E-state index in [0.29, 0.717) is 6.54 Å². The van der Waals surface area contributed by atoms with E-state index in [1.54, 1.807) is 0 Å². The van der Waals surface area contributed by atoms with Crippen LogP contribution in [-0.4, -0.2) is 29.3 Å². The molecular weight excluding hydrogens is 393 g/mol. The number of hydrogen-bond acceptors (Lipinski definition) is 3. The number of hydrogen-bond donors (Lipinski definition) is 0. The second kappa shape index (κ2) is 6.94. The molecule has 0 N–H and O–H groups in total. The van der Waals surface area contributed by atoms with E-state index in [9.17, 15) is 22.8 Å². The number of nitrogens with zero attached hydrogens (tertiary/aromatic N) is 2. The molecule has 1 aliphatic carbocycles. The van der Waals surface area contributed by atoms with Gasteiger partial charge in [0.05, 0.1) is 23.1 Å². The Morgan fingerprint density at radius 1 is 0.900 bits per heavy atom. The number of piperidine rings is 2. The van der Waals surface area contributed by atoms with Crippen LogP contribution in [0.5, 0.6) is 0 Å². The number of alkyl halides is 3. The van der Waals surface area contributed by atoms with Gasteiger partial charge in [0.15, 0.2) is 0 Å². The highest BCUT2D eigenvalue weighted by atomic mass is 19.4. The maximum Gasteiger partial charge on any atom is 0.416 e. The molecule has 1 saturated carbocycles. The highest BCUT2D eigenvalue weighted by Gasteiger charge is 2.60. The second-order valence-corrected chi connectivity index (χ2v) is 8.43. The van der Waals surface area contributed by atoms with E-state index >= 15 is 0 Å². The molecular formula is C23H21F3N2O2. The van der Waals surface area contributed by atoms with Crippen molar-refractivity contribution in [3.63, 3.8) is 0 Å². The summed E-state index contributed by atoms with van der Waals surface area (Å²) in [6.45, 7) is 1.44. The average molecular weight is 414 g/mol. The van der Waals surface area contributed by atoms with Gasteiger partial charge in [0.1, 0.15) is 0 Å². The van der Waals surface area contributed by atoms with Gasteiger partial charge in [-0.15, -0.1) is 0 Å². The van der Waals surface area contributed by atoms with Gasteiger partial charge in [-0.05, 0) is 42.5 Å². The van der Waals surface area contributed by atoms with Crippen LogP contribution in [0.2, 0.25) is 0 Å². The lowest BCUT2D eigenvalue weighted by atomic mass is 9.66. The summed E-state index contributed by atoms with van der Waals surface area (Å²) in [4.78, 5) is 29.7. The number of halogens is 3. The van der Waals surface area contributed by atoms with E-state index in [1.165, 1.54) is 12.1 Å². The molecule has 30 heavy (non-hydrogen) atoms. The molecule has 4 atom stereocenters. The topological polar surface area (TPSA) is 40.6 Å². The zero-order valence-corrected chi connectivity index (χ0v) is 16.2. The molecule has 4 nitrogen and oxygen atoms in total. The van der Waals surface area contributed by atoms with Gasteiger partial charge in [-0.2, -0.15) is 13.2 Å². The standard InChI is InChI=1S/C23H21F3N2O2/c24-23(25,26)16-7-4-8-17(11-16)28-21(29)19-15-9-10-18(20(19)22(28)30)27(13-15)12-14-5-2-1-3-6-14/h1-8,11,15,18-20H,9-10,12-13H2/t15-,18-,19-,20+/m0/s1. The van der Waals surface area contributed by atoms with Crippen LogP contribution in [0.1, 0.15) is 24.0 Å². The number of rotatable bonds is 3. The molecule has 6 rings (SSSR count). The molecule has 0 radical (unpaired) electrons. The van der Waals surface area contributed by atoms with Crippen LogP contribution in [0.25, 0.3) is 0 Å². The molecule has 3 heterocycles. The molecule has 2 bridgehead atoms. The molecule has 0 aromatic heterocycles. The van der Waals surface area contributed by atoms with Crippen molar-refractivity contribution >= 4 is 17.5 Å². The largest absolute Gasteiger partial charge is 0.416 e. The normalized spacial score (nSPS) is 28.8. The van der Waals surface area contributed by atoms with Crippen molar-refractivity contribution in [2.45, 2.75) is 31.6 Å². The lowest BCUT2D eigenvalue weighted by Crippen LogP contribution is -2.58. The highest BCUT2D eigenvalue weighted by Crippen LogP contribution is 2.49. The van der Waals surface area contributed by atoms with Crippen molar-refractivity contribution in [1.29, 1.82) is 0 Å². The summed E-state index contributed by atoms with van der Waals surface area (Å²) in [5.41, 5.74) is 0.306. The van der Waals surface area contributed by atoms with Crippen LogP contribution >= 0.6 is 0 Å². The van der Waals surface area contributed by atoms with Gasteiger partial charge in [-0.3, -0.25) is 14.5 Å². The summed E-state index contributed by atoms with van der Waals surface area (Å²) in [6.07, 6.45) is -2.83. The van der Waals surface area contributed by atoms with Gasteiger partial charge in [0.25, 0.3) is 0 Å². The van der Waals surface area contributed by atoms with Crippen molar-refractivity contribution in [1.82, 2.24) is 4.90 Å². The molecule has 2 aromatic carbocycles. The van der Waals surface area contributed by atoms with E-state index in [0.717, 1.165) is 42.0 Å². The van der Waals surface area contributed by atoms with Crippen LogP contribution in [0.15, 0.2) is 54.6 Å². The first-order valence-electron chi connectivity index (χ1n) is 10.2. The van der Waals surface area contributed by atoms with Crippen molar-refractivity contribution in [2.75, 3.05) is 11.4 Å². The molecule has 0 spiro atoms. The second-order valence-electron chi connectivity index (χ2n) is 8.43. The van der Waals surface area contributed by atoms with Crippen molar-refractivity contribution in [2.24, 2.45) is 17.8 Å². The smallest absolute Gasteiger partial charge is 0.295 e. The predicted octanol–water partition coefficient (Wildman–Crippen LogP) is 4.11. The van der Waals surface area contributed by atoms with Gasteiger partial charge in [-0.25, -0.2) is 4.90 Å². The first-order chi connectivity index (χ1) is 14.3. The Hall–Kier alpha value is -2.67. The Morgan fingerprint density at radius 2 is 1.63 bits per heavy atom. The quantitative estimate of drug-likeness (QED) is 0.710. The summed E-state index contributed by atoms with van der Waals surface area (Å²) < 4.78 is 39.4. The third kappa shape index (κ3) is 3.03. The molecule has 0 unspecified atom stereocenters. The van der Waals surface area contributed by atoms with E-state index in [1.807, 2.05) is 30.3 Å². The van der Waals surface area contributed by atoms with Gasteiger partial charge in [0.2, 0.25) is 11.8 Å². The minimum Gasteiger partial charge on any atom is -0.295 e.